The summed E-state index contributed by atoms with van der Waals surface area (Å²) >= 11 is 0. The highest BCUT2D eigenvalue weighted by Gasteiger charge is 2.05. The predicted octanol–water partition coefficient (Wildman–Crippen LogP) is 4.94. The van der Waals surface area contributed by atoms with Gasteiger partial charge in [0, 0.05) is 5.56 Å². The van der Waals surface area contributed by atoms with Crippen molar-refractivity contribution in [2.24, 2.45) is 15.3 Å². The zero-order chi connectivity index (χ0) is 18.2. The lowest BCUT2D eigenvalue weighted by atomic mass is 10.2. The highest BCUT2D eigenvalue weighted by atomic mass is 16.4. The van der Waals surface area contributed by atoms with Crippen molar-refractivity contribution in [1.29, 1.82) is 0 Å². The maximum Gasteiger partial charge on any atom is 0.335 e. The summed E-state index contributed by atoms with van der Waals surface area (Å²) in [5.41, 5.74) is 5.07. The fraction of sp³-hybridized carbons (Fsp3) is 0. The number of aromatic carboxylic acids is 1. The van der Waals surface area contributed by atoms with E-state index in [1.165, 1.54) is 12.1 Å². The van der Waals surface area contributed by atoms with E-state index >= 15 is 0 Å². The van der Waals surface area contributed by atoms with Gasteiger partial charge in [0.25, 0.3) is 0 Å². The summed E-state index contributed by atoms with van der Waals surface area (Å²) in [4.78, 5) is 11.1. The Labute approximate surface area is 150 Å². The Balaban J connectivity index is 1.88. The van der Waals surface area contributed by atoms with Crippen molar-refractivity contribution in [2.45, 2.75) is 0 Å². The summed E-state index contributed by atoms with van der Waals surface area (Å²) in [6.07, 6.45) is 0. The number of nitrogens with zero attached hydrogens (tertiary/aromatic N) is 3. The monoisotopic (exact) mass is 344 g/mol. The molecule has 3 rings (SSSR count). The number of hydrogen-bond acceptors (Lipinski definition) is 4. The van der Waals surface area contributed by atoms with Gasteiger partial charge in [-0.3, -0.25) is 5.43 Å². The molecule has 6 nitrogen and oxygen atoms in total. The van der Waals surface area contributed by atoms with Gasteiger partial charge < -0.3 is 5.11 Å². The first kappa shape index (κ1) is 17.0. The Bertz CT molecular complexity index is 938. The van der Waals surface area contributed by atoms with Crippen LogP contribution >= 0.6 is 0 Å². The first-order valence-electron chi connectivity index (χ1n) is 7.91. The molecule has 0 saturated heterocycles. The summed E-state index contributed by atoms with van der Waals surface area (Å²) in [6.45, 7) is 0. The van der Waals surface area contributed by atoms with E-state index in [2.05, 4.69) is 20.8 Å². The molecule has 0 aliphatic heterocycles. The number of carboxylic acids is 1. The number of rotatable bonds is 5. The Morgan fingerprint density at radius 3 is 2.15 bits per heavy atom. The molecule has 128 valence electrons. The third kappa shape index (κ3) is 4.61. The Morgan fingerprint density at radius 1 is 0.808 bits per heavy atom. The SMILES string of the molecule is O=C(O)c1cccc(N/N=C(/N=Nc2ccccc2)c2ccccc2)c1. The van der Waals surface area contributed by atoms with Crippen molar-refractivity contribution in [3.05, 3.63) is 96.1 Å². The topological polar surface area (TPSA) is 86.4 Å². The van der Waals surface area contributed by atoms with E-state index in [0.717, 1.165) is 5.56 Å². The number of anilines is 1. The maximum absolute atomic E-state index is 11.1. The number of hydrazone groups is 1. The van der Waals surface area contributed by atoms with E-state index in [1.807, 2.05) is 60.7 Å². The summed E-state index contributed by atoms with van der Waals surface area (Å²) in [7, 11) is 0. The molecule has 0 aliphatic rings. The molecule has 0 aliphatic carbocycles. The minimum atomic E-state index is -0.996. The van der Waals surface area contributed by atoms with Gasteiger partial charge in [0.05, 0.1) is 16.9 Å². The van der Waals surface area contributed by atoms with Crippen LogP contribution < -0.4 is 5.43 Å². The molecule has 26 heavy (non-hydrogen) atoms. The molecule has 2 N–H and O–H groups in total. The van der Waals surface area contributed by atoms with Crippen molar-refractivity contribution >= 4 is 23.2 Å². The van der Waals surface area contributed by atoms with E-state index in [9.17, 15) is 4.79 Å². The smallest absolute Gasteiger partial charge is 0.335 e. The third-order valence-corrected chi connectivity index (χ3v) is 3.45. The van der Waals surface area contributed by atoms with Gasteiger partial charge in [-0.15, -0.1) is 10.2 Å². The average Bonchev–Trinajstić information content (AvgIpc) is 2.69. The summed E-state index contributed by atoms with van der Waals surface area (Å²) in [5.74, 6) is -0.611. The quantitative estimate of drug-likeness (QED) is 0.297. The second-order valence-corrected chi connectivity index (χ2v) is 5.33. The molecule has 0 fully saturated rings. The molecule has 0 saturated carbocycles. The second-order valence-electron chi connectivity index (χ2n) is 5.33. The number of carbonyl (C=O) groups is 1. The molecule has 0 amide bonds. The van der Waals surface area contributed by atoms with Gasteiger partial charge in [0.2, 0.25) is 5.84 Å². The molecule has 0 spiro atoms. The zero-order valence-corrected chi connectivity index (χ0v) is 13.8. The van der Waals surface area contributed by atoms with Crippen LogP contribution in [-0.4, -0.2) is 16.9 Å². The molecular formula is C20H16N4O2. The van der Waals surface area contributed by atoms with Gasteiger partial charge in [-0.2, -0.15) is 5.10 Å². The Hall–Kier alpha value is -3.80. The largest absolute Gasteiger partial charge is 0.478 e. The van der Waals surface area contributed by atoms with Gasteiger partial charge in [-0.1, -0.05) is 54.6 Å². The average molecular weight is 344 g/mol. The predicted molar refractivity (Wildman–Crippen MR) is 101 cm³/mol. The van der Waals surface area contributed by atoms with Crippen molar-refractivity contribution in [3.8, 4) is 0 Å². The summed E-state index contributed by atoms with van der Waals surface area (Å²) in [6, 6.07) is 25.2. The van der Waals surface area contributed by atoms with E-state index in [0.29, 0.717) is 17.2 Å². The highest BCUT2D eigenvalue weighted by molar-refractivity contribution is 5.99. The zero-order valence-electron chi connectivity index (χ0n) is 13.8. The normalized spacial score (nSPS) is 11.5. The van der Waals surface area contributed by atoms with Crippen LogP contribution in [0.25, 0.3) is 0 Å². The molecule has 3 aromatic carbocycles. The van der Waals surface area contributed by atoms with Crippen molar-refractivity contribution in [2.75, 3.05) is 5.43 Å². The van der Waals surface area contributed by atoms with Crippen LogP contribution in [0.15, 0.2) is 100 Å². The molecular weight excluding hydrogens is 328 g/mol. The fourth-order valence-corrected chi connectivity index (χ4v) is 2.17. The van der Waals surface area contributed by atoms with Crippen LogP contribution in [0, 0.1) is 0 Å². The number of nitrogens with one attached hydrogen (secondary N) is 1. The van der Waals surface area contributed by atoms with Gasteiger partial charge >= 0.3 is 5.97 Å². The van der Waals surface area contributed by atoms with Crippen LogP contribution in [0.5, 0.6) is 0 Å². The molecule has 0 aromatic heterocycles. The number of amidine groups is 1. The Kier molecular flexibility index (Phi) is 5.47. The second kappa shape index (κ2) is 8.34. The number of carboxylic acid groups (broad SMARTS) is 1. The molecule has 0 heterocycles. The van der Waals surface area contributed by atoms with E-state index < -0.39 is 5.97 Å². The van der Waals surface area contributed by atoms with Crippen molar-refractivity contribution in [1.82, 2.24) is 0 Å². The lowest BCUT2D eigenvalue weighted by Crippen LogP contribution is -2.02. The van der Waals surface area contributed by atoms with E-state index in [4.69, 9.17) is 5.11 Å². The van der Waals surface area contributed by atoms with E-state index in [1.54, 1.807) is 12.1 Å². The third-order valence-electron chi connectivity index (χ3n) is 3.45. The van der Waals surface area contributed by atoms with Crippen LogP contribution in [-0.2, 0) is 0 Å². The van der Waals surface area contributed by atoms with Crippen LogP contribution in [0.1, 0.15) is 15.9 Å². The van der Waals surface area contributed by atoms with Crippen molar-refractivity contribution < 1.29 is 9.90 Å². The lowest BCUT2D eigenvalue weighted by Gasteiger charge is -2.04. The van der Waals surface area contributed by atoms with Crippen molar-refractivity contribution in [3.63, 3.8) is 0 Å². The fourth-order valence-electron chi connectivity index (χ4n) is 2.17. The highest BCUT2D eigenvalue weighted by Crippen LogP contribution is 2.14. The lowest BCUT2D eigenvalue weighted by molar-refractivity contribution is 0.0697. The van der Waals surface area contributed by atoms with Gasteiger partial charge in [0.1, 0.15) is 0 Å². The standard InChI is InChI=1S/C20H16N4O2/c25-20(26)16-10-7-13-18(14-16)22-24-19(15-8-3-1-4-9-15)23-21-17-11-5-2-6-12-17/h1-14,22H,(H,25,26)/b23-21?,24-19+. The van der Waals surface area contributed by atoms with E-state index in [-0.39, 0.29) is 5.56 Å². The minimum absolute atomic E-state index is 0.178. The minimum Gasteiger partial charge on any atom is -0.478 e. The first-order chi connectivity index (χ1) is 12.7. The Morgan fingerprint density at radius 2 is 1.46 bits per heavy atom. The van der Waals surface area contributed by atoms with Crippen LogP contribution in [0.4, 0.5) is 11.4 Å². The number of benzene rings is 3. The molecule has 0 bridgehead atoms. The molecule has 0 unspecified atom stereocenters. The summed E-state index contributed by atoms with van der Waals surface area (Å²) in [5, 5.41) is 21.8. The van der Waals surface area contributed by atoms with Gasteiger partial charge in [-0.05, 0) is 30.3 Å². The molecule has 0 radical (unpaired) electrons. The van der Waals surface area contributed by atoms with Crippen LogP contribution in [0.2, 0.25) is 0 Å². The number of hydrogen-bond donors (Lipinski definition) is 2. The van der Waals surface area contributed by atoms with Crippen LogP contribution in [0.3, 0.4) is 0 Å². The maximum atomic E-state index is 11.1. The molecule has 0 atom stereocenters. The van der Waals surface area contributed by atoms with Gasteiger partial charge in [0.15, 0.2) is 0 Å². The van der Waals surface area contributed by atoms with Gasteiger partial charge in [-0.25, -0.2) is 4.79 Å². The summed E-state index contributed by atoms with van der Waals surface area (Å²) < 4.78 is 0. The first-order valence-corrected chi connectivity index (χ1v) is 7.91. The number of azo groups is 1. The molecule has 3 aromatic rings. The molecule has 6 heteroatoms.